The number of amides is 1. The van der Waals surface area contributed by atoms with Gasteiger partial charge in [-0.2, -0.15) is 0 Å². The molecule has 1 aliphatic heterocycles. The zero-order valence-corrected chi connectivity index (χ0v) is 9.77. The Bertz CT molecular complexity index is 383. The highest BCUT2D eigenvalue weighted by Gasteiger charge is 2.24. The van der Waals surface area contributed by atoms with Crippen molar-refractivity contribution in [2.45, 2.75) is 12.5 Å². The van der Waals surface area contributed by atoms with E-state index in [0.717, 1.165) is 17.4 Å². The van der Waals surface area contributed by atoms with E-state index in [1.165, 1.54) is 0 Å². The standard InChI is InChI=1S/C10H12BrN3O/c11-8-3-7(4-13-5-8)10(15)14-2-1-9(12)6-14/h3-5,9H,1-2,6,12H2/t9-/m1/s1. The van der Waals surface area contributed by atoms with Gasteiger partial charge in [0.1, 0.15) is 0 Å². The first-order valence-corrected chi connectivity index (χ1v) is 5.61. The summed E-state index contributed by atoms with van der Waals surface area (Å²) in [6, 6.07) is 1.90. The molecule has 1 saturated heterocycles. The Labute approximate surface area is 96.6 Å². The average molecular weight is 270 g/mol. The minimum atomic E-state index is 0.0109. The maximum Gasteiger partial charge on any atom is 0.255 e. The van der Waals surface area contributed by atoms with Crippen LogP contribution in [0.3, 0.4) is 0 Å². The summed E-state index contributed by atoms with van der Waals surface area (Å²) in [6.45, 7) is 1.39. The van der Waals surface area contributed by atoms with Crippen molar-refractivity contribution in [3.63, 3.8) is 0 Å². The molecule has 2 heterocycles. The molecule has 5 heteroatoms. The van der Waals surface area contributed by atoms with E-state index in [1.807, 2.05) is 0 Å². The van der Waals surface area contributed by atoms with E-state index in [1.54, 1.807) is 23.4 Å². The van der Waals surface area contributed by atoms with E-state index >= 15 is 0 Å². The maximum atomic E-state index is 12.0. The van der Waals surface area contributed by atoms with Gasteiger partial charge < -0.3 is 10.6 Å². The summed E-state index contributed by atoms with van der Waals surface area (Å²) in [5.41, 5.74) is 6.36. The largest absolute Gasteiger partial charge is 0.337 e. The molecule has 1 aromatic rings. The summed E-state index contributed by atoms with van der Waals surface area (Å²) < 4.78 is 0.817. The van der Waals surface area contributed by atoms with Crippen molar-refractivity contribution >= 4 is 21.8 Å². The molecule has 0 aromatic carbocycles. The van der Waals surface area contributed by atoms with Gasteiger partial charge in [0.2, 0.25) is 0 Å². The van der Waals surface area contributed by atoms with E-state index in [4.69, 9.17) is 5.73 Å². The first kappa shape index (κ1) is 10.6. The van der Waals surface area contributed by atoms with E-state index in [2.05, 4.69) is 20.9 Å². The second-order valence-corrected chi connectivity index (χ2v) is 4.61. The predicted molar refractivity (Wildman–Crippen MR) is 60.4 cm³/mol. The van der Waals surface area contributed by atoms with Crippen molar-refractivity contribution in [2.75, 3.05) is 13.1 Å². The molecule has 2 rings (SSSR count). The van der Waals surface area contributed by atoms with E-state index in [0.29, 0.717) is 12.1 Å². The van der Waals surface area contributed by atoms with Crippen molar-refractivity contribution in [3.05, 3.63) is 28.5 Å². The maximum absolute atomic E-state index is 12.0. The number of hydrogen-bond donors (Lipinski definition) is 1. The Morgan fingerprint density at radius 1 is 1.60 bits per heavy atom. The van der Waals surface area contributed by atoms with Gasteiger partial charge in [0, 0.05) is 36.0 Å². The lowest BCUT2D eigenvalue weighted by molar-refractivity contribution is 0.0790. The van der Waals surface area contributed by atoms with Crippen LogP contribution >= 0.6 is 15.9 Å². The number of halogens is 1. The number of nitrogens with two attached hydrogens (primary N) is 1. The Morgan fingerprint density at radius 2 is 2.40 bits per heavy atom. The van der Waals surface area contributed by atoms with Gasteiger partial charge in [-0.25, -0.2) is 0 Å². The first-order chi connectivity index (χ1) is 7.16. The second-order valence-electron chi connectivity index (χ2n) is 3.69. The molecule has 15 heavy (non-hydrogen) atoms. The smallest absolute Gasteiger partial charge is 0.255 e. The quantitative estimate of drug-likeness (QED) is 0.828. The van der Waals surface area contributed by atoms with Crippen LogP contribution < -0.4 is 5.73 Å². The molecule has 0 spiro atoms. The summed E-state index contributed by atoms with van der Waals surface area (Å²) >= 11 is 3.29. The number of rotatable bonds is 1. The molecular formula is C10H12BrN3O. The second kappa shape index (κ2) is 4.28. The molecule has 80 valence electrons. The monoisotopic (exact) mass is 269 g/mol. The Balaban J connectivity index is 2.14. The third-order valence-corrected chi connectivity index (χ3v) is 2.90. The first-order valence-electron chi connectivity index (χ1n) is 4.82. The third-order valence-electron chi connectivity index (χ3n) is 2.46. The highest BCUT2D eigenvalue weighted by atomic mass is 79.9. The molecule has 1 amide bonds. The molecule has 1 aliphatic rings. The Morgan fingerprint density at radius 3 is 3.00 bits per heavy atom. The fourth-order valence-corrected chi connectivity index (χ4v) is 2.05. The van der Waals surface area contributed by atoms with Gasteiger partial charge in [-0.05, 0) is 28.4 Å². The molecule has 1 aromatic heterocycles. The van der Waals surface area contributed by atoms with E-state index < -0.39 is 0 Å². The minimum absolute atomic E-state index is 0.0109. The summed E-state index contributed by atoms with van der Waals surface area (Å²) in [6.07, 6.45) is 4.12. The van der Waals surface area contributed by atoms with Crippen LogP contribution in [0.5, 0.6) is 0 Å². The molecular weight excluding hydrogens is 258 g/mol. The van der Waals surface area contributed by atoms with Gasteiger partial charge in [0.25, 0.3) is 5.91 Å². The topological polar surface area (TPSA) is 59.2 Å². The number of carbonyl (C=O) groups is 1. The average Bonchev–Trinajstić information content (AvgIpc) is 2.64. The molecule has 0 unspecified atom stereocenters. The van der Waals surface area contributed by atoms with Crippen LogP contribution in [-0.4, -0.2) is 34.9 Å². The number of hydrogen-bond acceptors (Lipinski definition) is 3. The van der Waals surface area contributed by atoms with Crippen molar-refractivity contribution in [1.29, 1.82) is 0 Å². The lowest BCUT2D eigenvalue weighted by atomic mass is 10.2. The van der Waals surface area contributed by atoms with Crippen molar-refractivity contribution < 1.29 is 4.79 Å². The van der Waals surface area contributed by atoms with Crippen LogP contribution in [0.2, 0.25) is 0 Å². The highest BCUT2D eigenvalue weighted by Crippen LogP contribution is 2.15. The van der Waals surface area contributed by atoms with Gasteiger partial charge in [0.05, 0.1) is 5.56 Å². The molecule has 1 atom stereocenters. The lowest BCUT2D eigenvalue weighted by Crippen LogP contribution is -2.31. The zero-order valence-electron chi connectivity index (χ0n) is 8.19. The van der Waals surface area contributed by atoms with Gasteiger partial charge >= 0.3 is 0 Å². The predicted octanol–water partition coefficient (Wildman–Crippen LogP) is 1.02. The number of nitrogens with zero attached hydrogens (tertiary/aromatic N) is 2. The van der Waals surface area contributed by atoms with Gasteiger partial charge in [-0.15, -0.1) is 0 Å². The SMILES string of the molecule is N[C@@H]1CCN(C(=O)c2cncc(Br)c2)C1. The lowest BCUT2D eigenvalue weighted by Gasteiger charge is -2.15. The number of likely N-dealkylation sites (tertiary alicyclic amines) is 1. The van der Waals surface area contributed by atoms with Crippen LogP contribution in [0.1, 0.15) is 16.8 Å². The van der Waals surface area contributed by atoms with Crippen LogP contribution in [-0.2, 0) is 0 Å². The summed E-state index contributed by atoms with van der Waals surface area (Å²) in [5.74, 6) is 0.0109. The number of pyridine rings is 1. The molecule has 4 nitrogen and oxygen atoms in total. The highest BCUT2D eigenvalue weighted by molar-refractivity contribution is 9.10. The van der Waals surface area contributed by atoms with Crippen molar-refractivity contribution in [3.8, 4) is 0 Å². The van der Waals surface area contributed by atoms with Crippen LogP contribution in [0.4, 0.5) is 0 Å². The summed E-state index contributed by atoms with van der Waals surface area (Å²) in [5, 5.41) is 0. The van der Waals surface area contributed by atoms with Crippen LogP contribution in [0.15, 0.2) is 22.9 Å². The molecule has 2 N–H and O–H groups in total. The molecule has 0 saturated carbocycles. The fraction of sp³-hybridized carbons (Fsp3) is 0.400. The summed E-state index contributed by atoms with van der Waals surface area (Å²) in [7, 11) is 0. The van der Waals surface area contributed by atoms with Crippen molar-refractivity contribution in [2.24, 2.45) is 5.73 Å². The molecule has 0 radical (unpaired) electrons. The Hall–Kier alpha value is -0.940. The zero-order chi connectivity index (χ0) is 10.8. The fourth-order valence-electron chi connectivity index (χ4n) is 1.68. The number of aromatic nitrogens is 1. The van der Waals surface area contributed by atoms with E-state index in [9.17, 15) is 4.79 Å². The van der Waals surface area contributed by atoms with Gasteiger partial charge in [-0.3, -0.25) is 9.78 Å². The van der Waals surface area contributed by atoms with Gasteiger partial charge in [0.15, 0.2) is 0 Å². The minimum Gasteiger partial charge on any atom is -0.337 e. The van der Waals surface area contributed by atoms with Crippen molar-refractivity contribution in [1.82, 2.24) is 9.88 Å². The van der Waals surface area contributed by atoms with E-state index in [-0.39, 0.29) is 11.9 Å². The van der Waals surface area contributed by atoms with Gasteiger partial charge in [-0.1, -0.05) is 0 Å². The van der Waals surface area contributed by atoms with Crippen LogP contribution in [0, 0.1) is 0 Å². The third kappa shape index (κ3) is 2.35. The molecule has 1 fully saturated rings. The van der Waals surface area contributed by atoms with Crippen LogP contribution in [0.25, 0.3) is 0 Å². The normalized spacial score (nSPS) is 20.7. The number of carbonyl (C=O) groups excluding carboxylic acids is 1. The summed E-state index contributed by atoms with van der Waals surface area (Å²) in [4.78, 5) is 17.7. The Kier molecular flexibility index (Phi) is 3.02. The molecule has 0 bridgehead atoms. The molecule has 0 aliphatic carbocycles.